The molecule has 0 saturated heterocycles. The summed E-state index contributed by atoms with van der Waals surface area (Å²) in [7, 11) is 0. The summed E-state index contributed by atoms with van der Waals surface area (Å²) in [5.41, 5.74) is 1.17. The van der Waals surface area contributed by atoms with Gasteiger partial charge in [-0.15, -0.1) is 11.3 Å². The van der Waals surface area contributed by atoms with Crippen LogP contribution in [0.25, 0.3) is 0 Å². The zero-order valence-corrected chi connectivity index (χ0v) is 11.5. The first-order valence-electron chi connectivity index (χ1n) is 4.92. The van der Waals surface area contributed by atoms with Gasteiger partial charge in [0, 0.05) is 21.7 Å². The maximum atomic E-state index is 4.29. The first kappa shape index (κ1) is 11.5. The number of aryl methyl sites for hydroxylation is 2. The van der Waals surface area contributed by atoms with Gasteiger partial charge in [-0.25, -0.2) is 9.97 Å². The number of nitrogens with one attached hydrogen (secondary N) is 1. The summed E-state index contributed by atoms with van der Waals surface area (Å²) in [5, 5.41) is 4.34. The van der Waals surface area contributed by atoms with Crippen molar-refractivity contribution in [3.8, 4) is 0 Å². The molecule has 0 aliphatic carbocycles. The van der Waals surface area contributed by atoms with Crippen LogP contribution in [0, 0.1) is 13.8 Å². The standard InChI is InChI=1S/C11H12BrN3S/c1-7-3-10(13-5-9(7)12)14-6-11-15-4-8(2)16-11/h3-5H,6H2,1-2H3,(H,13,14). The van der Waals surface area contributed by atoms with Crippen molar-refractivity contribution < 1.29 is 0 Å². The molecule has 2 rings (SSSR count). The molecule has 0 atom stereocenters. The lowest BCUT2D eigenvalue weighted by Gasteiger charge is -2.05. The number of halogens is 1. The van der Waals surface area contributed by atoms with Gasteiger partial charge in [0.05, 0.1) is 6.54 Å². The Balaban J connectivity index is 2.02. The second kappa shape index (κ2) is 4.93. The van der Waals surface area contributed by atoms with Crippen LogP contribution in [0.3, 0.4) is 0 Å². The van der Waals surface area contributed by atoms with Crippen LogP contribution in [0.5, 0.6) is 0 Å². The number of nitrogens with zero attached hydrogens (tertiary/aromatic N) is 2. The Morgan fingerprint density at radius 3 is 2.75 bits per heavy atom. The van der Waals surface area contributed by atoms with Crippen molar-refractivity contribution in [2.24, 2.45) is 0 Å². The minimum absolute atomic E-state index is 0.729. The highest BCUT2D eigenvalue weighted by atomic mass is 79.9. The number of thiazole rings is 1. The quantitative estimate of drug-likeness (QED) is 0.942. The van der Waals surface area contributed by atoms with E-state index in [2.05, 4.69) is 38.1 Å². The molecule has 1 N–H and O–H groups in total. The molecule has 0 fully saturated rings. The maximum Gasteiger partial charge on any atom is 0.126 e. The van der Waals surface area contributed by atoms with Gasteiger partial charge < -0.3 is 5.32 Å². The molecule has 3 nitrogen and oxygen atoms in total. The molecule has 0 unspecified atom stereocenters. The molecule has 0 saturated carbocycles. The molecule has 0 amide bonds. The normalized spacial score (nSPS) is 10.4. The van der Waals surface area contributed by atoms with Gasteiger partial charge in [0.2, 0.25) is 0 Å². The molecule has 0 bridgehead atoms. The van der Waals surface area contributed by atoms with Crippen LogP contribution in [0.2, 0.25) is 0 Å². The smallest absolute Gasteiger partial charge is 0.126 e. The van der Waals surface area contributed by atoms with Gasteiger partial charge in [-0.2, -0.15) is 0 Å². The first-order chi connectivity index (χ1) is 7.65. The third-order valence-electron chi connectivity index (χ3n) is 2.14. The summed E-state index contributed by atoms with van der Waals surface area (Å²) >= 11 is 5.13. The predicted molar refractivity (Wildman–Crippen MR) is 70.9 cm³/mol. The maximum absolute atomic E-state index is 4.29. The summed E-state index contributed by atoms with van der Waals surface area (Å²) in [5.74, 6) is 0.883. The Morgan fingerprint density at radius 2 is 2.12 bits per heavy atom. The zero-order chi connectivity index (χ0) is 11.5. The summed E-state index contributed by atoms with van der Waals surface area (Å²) in [6.45, 7) is 4.83. The van der Waals surface area contributed by atoms with Crippen molar-refractivity contribution >= 4 is 33.1 Å². The van der Waals surface area contributed by atoms with E-state index in [0.717, 1.165) is 21.8 Å². The van der Waals surface area contributed by atoms with Crippen LogP contribution in [0.15, 0.2) is 22.9 Å². The van der Waals surface area contributed by atoms with Crippen molar-refractivity contribution in [1.29, 1.82) is 0 Å². The number of rotatable bonds is 3. The van der Waals surface area contributed by atoms with E-state index >= 15 is 0 Å². The van der Waals surface area contributed by atoms with Gasteiger partial charge in [-0.1, -0.05) is 0 Å². The molecule has 0 aromatic carbocycles. The van der Waals surface area contributed by atoms with E-state index in [-0.39, 0.29) is 0 Å². The second-order valence-corrected chi connectivity index (χ2v) is 5.71. The molecule has 0 aliphatic rings. The van der Waals surface area contributed by atoms with Crippen LogP contribution in [-0.4, -0.2) is 9.97 Å². The van der Waals surface area contributed by atoms with E-state index in [9.17, 15) is 0 Å². The van der Waals surface area contributed by atoms with Crippen LogP contribution < -0.4 is 5.32 Å². The third kappa shape index (κ3) is 2.80. The van der Waals surface area contributed by atoms with Crippen molar-refractivity contribution in [2.75, 3.05) is 5.32 Å². The molecule has 84 valence electrons. The Morgan fingerprint density at radius 1 is 1.31 bits per heavy atom. The lowest BCUT2D eigenvalue weighted by atomic mass is 10.3. The number of pyridine rings is 1. The summed E-state index contributed by atoms with van der Waals surface area (Å²) in [6.07, 6.45) is 3.70. The average molecular weight is 298 g/mol. The largest absolute Gasteiger partial charge is 0.364 e. The van der Waals surface area contributed by atoms with E-state index in [0.29, 0.717) is 0 Å². The van der Waals surface area contributed by atoms with Gasteiger partial charge in [0.15, 0.2) is 0 Å². The minimum Gasteiger partial charge on any atom is -0.364 e. The third-order valence-corrected chi connectivity index (χ3v) is 3.88. The molecular formula is C11H12BrN3S. The van der Waals surface area contributed by atoms with Gasteiger partial charge in [-0.05, 0) is 41.4 Å². The number of hydrogen-bond acceptors (Lipinski definition) is 4. The lowest BCUT2D eigenvalue weighted by Crippen LogP contribution is -2.01. The molecule has 16 heavy (non-hydrogen) atoms. The molecule has 0 radical (unpaired) electrons. The Hall–Kier alpha value is -0.940. The first-order valence-corrected chi connectivity index (χ1v) is 6.53. The fourth-order valence-corrected chi connectivity index (χ4v) is 2.23. The molecule has 2 heterocycles. The van der Waals surface area contributed by atoms with E-state index in [4.69, 9.17) is 0 Å². The molecule has 2 aromatic rings. The lowest BCUT2D eigenvalue weighted by molar-refractivity contribution is 1.07. The van der Waals surface area contributed by atoms with Crippen molar-refractivity contribution in [2.45, 2.75) is 20.4 Å². The summed E-state index contributed by atoms with van der Waals surface area (Å²) < 4.78 is 1.03. The van der Waals surface area contributed by atoms with Crippen LogP contribution in [-0.2, 0) is 6.54 Å². The monoisotopic (exact) mass is 297 g/mol. The summed E-state index contributed by atoms with van der Waals surface area (Å²) in [6, 6.07) is 2.02. The Kier molecular flexibility index (Phi) is 3.56. The molecule has 0 aliphatic heterocycles. The van der Waals surface area contributed by atoms with Gasteiger partial charge in [-0.3, -0.25) is 0 Å². The number of hydrogen-bond donors (Lipinski definition) is 1. The van der Waals surface area contributed by atoms with Gasteiger partial charge in [0.25, 0.3) is 0 Å². The Bertz CT molecular complexity index is 496. The number of aromatic nitrogens is 2. The van der Waals surface area contributed by atoms with E-state index in [1.165, 1.54) is 10.4 Å². The van der Waals surface area contributed by atoms with Crippen LogP contribution >= 0.6 is 27.3 Å². The molecule has 0 spiro atoms. The fourth-order valence-electron chi connectivity index (χ4n) is 1.29. The molecule has 2 aromatic heterocycles. The zero-order valence-electron chi connectivity index (χ0n) is 9.12. The minimum atomic E-state index is 0.729. The van der Waals surface area contributed by atoms with Crippen molar-refractivity contribution in [3.63, 3.8) is 0 Å². The van der Waals surface area contributed by atoms with Crippen LogP contribution in [0.4, 0.5) is 5.82 Å². The fraction of sp³-hybridized carbons (Fsp3) is 0.273. The Labute approximate surface area is 107 Å². The highest BCUT2D eigenvalue weighted by Gasteiger charge is 2.01. The average Bonchev–Trinajstić information content (AvgIpc) is 2.66. The molecule has 5 heteroatoms. The second-order valence-electron chi connectivity index (χ2n) is 3.54. The van der Waals surface area contributed by atoms with E-state index in [1.54, 1.807) is 11.3 Å². The topological polar surface area (TPSA) is 37.8 Å². The molecular weight excluding hydrogens is 286 g/mol. The van der Waals surface area contributed by atoms with E-state index in [1.807, 2.05) is 25.4 Å². The van der Waals surface area contributed by atoms with Crippen molar-refractivity contribution in [1.82, 2.24) is 9.97 Å². The van der Waals surface area contributed by atoms with E-state index < -0.39 is 0 Å². The predicted octanol–water partition coefficient (Wildman–Crippen LogP) is 3.53. The number of anilines is 1. The summed E-state index contributed by atoms with van der Waals surface area (Å²) in [4.78, 5) is 9.80. The highest BCUT2D eigenvalue weighted by molar-refractivity contribution is 9.10. The van der Waals surface area contributed by atoms with Gasteiger partial charge in [0.1, 0.15) is 10.8 Å². The van der Waals surface area contributed by atoms with Crippen LogP contribution in [0.1, 0.15) is 15.4 Å². The highest BCUT2D eigenvalue weighted by Crippen LogP contribution is 2.18. The SMILES string of the molecule is Cc1cnc(CNc2cc(C)c(Br)cn2)s1. The van der Waals surface area contributed by atoms with Gasteiger partial charge >= 0.3 is 0 Å². The van der Waals surface area contributed by atoms with Crippen molar-refractivity contribution in [3.05, 3.63) is 38.4 Å².